The summed E-state index contributed by atoms with van der Waals surface area (Å²) in [7, 11) is 0. The first kappa shape index (κ1) is 15.6. The number of nitrogen functional groups attached to an aromatic ring is 1. The Morgan fingerprint density at radius 2 is 2.19 bits per heavy atom. The lowest BCUT2D eigenvalue weighted by Crippen LogP contribution is -2.25. The lowest BCUT2D eigenvalue weighted by molar-refractivity contribution is 0.0937. The fourth-order valence-electron chi connectivity index (χ4n) is 2.02. The van der Waals surface area contributed by atoms with Gasteiger partial charge in [-0.3, -0.25) is 4.79 Å². The minimum absolute atomic E-state index is 0.134. The highest BCUT2D eigenvalue weighted by Crippen LogP contribution is 2.28. The molecule has 21 heavy (non-hydrogen) atoms. The molecule has 0 radical (unpaired) electrons. The van der Waals surface area contributed by atoms with Gasteiger partial charge >= 0.3 is 0 Å². The molecule has 5 heteroatoms. The molecule has 1 aliphatic rings. The van der Waals surface area contributed by atoms with Gasteiger partial charge in [0.25, 0.3) is 5.91 Å². The molecule has 0 bridgehead atoms. The number of carbonyl (C=O) groups excluding carboxylic acids is 1. The van der Waals surface area contributed by atoms with Crippen molar-refractivity contribution in [3.05, 3.63) is 23.8 Å². The molecule has 0 atom stereocenters. The van der Waals surface area contributed by atoms with E-state index in [1.807, 2.05) is 6.92 Å². The molecule has 0 unspecified atom stereocenters. The average Bonchev–Trinajstić information content (AvgIpc) is 3.26. The predicted octanol–water partition coefficient (Wildman–Crippen LogP) is 2.21. The van der Waals surface area contributed by atoms with Crippen molar-refractivity contribution >= 4 is 11.6 Å². The minimum Gasteiger partial charge on any atom is -0.494 e. The monoisotopic (exact) mass is 292 g/mol. The van der Waals surface area contributed by atoms with Gasteiger partial charge in [-0.2, -0.15) is 0 Å². The van der Waals surface area contributed by atoms with Crippen LogP contribution in [-0.4, -0.2) is 32.3 Å². The van der Waals surface area contributed by atoms with Crippen LogP contribution in [0.2, 0.25) is 0 Å². The van der Waals surface area contributed by atoms with E-state index in [0.29, 0.717) is 36.8 Å². The van der Waals surface area contributed by atoms with Gasteiger partial charge in [-0.1, -0.05) is 0 Å². The first-order valence-electron chi connectivity index (χ1n) is 7.58. The summed E-state index contributed by atoms with van der Waals surface area (Å²) in [5, 5.41) is 2.87. The number of ether oxygens (including phenoxy) is 2. The van der Waals surface area contributed by atoms with Crippen LogP contribution in [0.5, 0.6) is 5.75 Å². The van der Waals surface area contributed by atoms with Crippen LogP contribution < -0.4 is 15.8 Å². The van der Waals surface area contributed by atoms with Gasteiger partial charge in [0, 0.05) is 37.1 Å². The van der Waals surface area contributed by atoms with Gasteiger partial charge in [0.2, 0.25) is 0 Å². The topological polar surface area (TPSA) is 73.6 Å². The Hall–Kier alpha value is -1.75. The van der Waals surface area contributed by atoms with Crippen molar-refractivity contribution in [2.24, 2.45) is 5.92 Å². The summed E-state index contributed by atoms with van der Waals surface area (Å²) in [6, 6.07) is 5.08. The zero-order valence-corrected chi connectivity index (χ0v) is 12.6. The highest BCUT2D eigenvalue weighted by atomic mass is 16.5. The molecular weight excluding hydrogens is 268 g/mol. The summed E-state index contributed by atoms with van der Waals surface area (Å²) in [5.74, 6) is 1.27. The number of hydrogen-bond acceptors (Lipinski definition) is 4. The molecule has 1 fully saturated rings. The van der Waals surface area contributed by atoms with Gasteiger partial charge in [0.1, 0.15) is 5.75 Å². The van der Waals surface area contributed by atoms with Crippen LogP contribution >= 0.6 is 0 Å². The molecule has 1 aromatic carbocycles. The number of hydrogen-bond donors (Lipinski definition) is 2. The van der Waals surface area contributed by atoms with Gasteiger partial charge in [-0.15, -0.1) is 0 Å². The molecule has 116 valence electrons. The molecule has 3 N–H and O–H groups in total. The molecule has 1 saturated carbocycles. The summed E-state index contributed by atoms with van der Waals surface area (Å²) < 4.78 is 10.9. The van der Waals surface area contributed by atoms with E-state index in [1.165, 1.54) is 12.8 Å². The van der Waals surface area contributed by atoms with Crippen molar-refractivity contribution in [3.8, 4) is 5.75 Å². The summed E-state index contributed by atoms with van der Waals surface area (Å²) in [4.78, 5) is 12.0. The maximum Gasteiger partial charge on any atom is 0.251 e. The van der Waals surface area contributed by atoms with E-state index < -0.39 is 0 Å². The van der Waals surface area contributed by atoms with Gasteiger partial charge in [-0.25, -0.2) is 0 Å². The van der Waals surface area contributed by atoms with Crippen LogP contribution in [0.1, 0.15) is 36.5 Å². The molecule has 1 amide bonds. The quantitative estimate of drug-likeness (QED) is 0.540. The molecule has 0 aromatic heterocycles. The van der Waals surface area contributed by atoms with E-state index in [0.717, 1.165) is 18.9 Å². The Bertz CT molecular complexity index is 473. The second kappa shape index (κ2) is 7.88. The van der Waals surface area contributed by atoms with Crippen LogP contribution in [-0.2, 0) is 4.74 Å². The number of benzene rings is 1. The van der Waals surface area contributed by atoms with E-state index in [-0.39, 0.29) is 5.91 Å². The molecule has 5 nitrogen and oxygen atoms in total. The summed E-state index contributed by atoms with van der Waals surface area (Å²) in [6.07, 6.45) is 3.42. The maximum absolute atomic E-state index is 12.0. The number of nitrogens with one attached hydrogen (secondary N) is 1. The third kappa shape index (κ3) is 5.63. The summed E-state index contributed by atoms with van der Waals surface area (Å²) in [5.41, 5.74) is 6.83. The average molecular weight is 292 g/mol. The van der Waals surface area contributed by atoms with Crippen molar-refractivity contribution in [2.45, 2.75) is 26.2 Å². The maximum atomic E-state index is 12.0. The van der Waals surface area contributed by atoms with Crippen LogP contribution in [0.25, 0.3) is 0 Å². The van der Waals surface area contributed by atoms with Crippen LogP contribution in [0.4, 0.5) is 5.69 Å². The van der Waals surface area contributed by atoms with E-state index in [4.69, 9.17) is 15.2 Å². The first-order valence-corrected chi connectivity index (χ1v) is 7.58. The van der Waals surface area contributed by atoms with Gasteiger partial charge in [0.15, 0.2) is 0 Å². The third-order valence-electron chi connectivity index (χ3n) is 3.30. The zero-order valence-electron chi connectivity index (χ0n) is 12.6. The van der Waals surface area contributed by atoms with E-state index in [2.05, 4.69) is 5.32 Å². The Labute approximate surface area is 125 Å². The minimum atomic E-state index is -0.134. The molecule has 2 rings (SSSR count). The van der Waals surface area contributed by atoms with Crippen molar-refractivity contribution in [3.63, 3.8) is 0 Å². The van der Waals surface area contributed by atoms with Crippen molar-refractivity contribution in [1.82, 2.24) is 5.32 Å². The number of amides is 1. The highest BCUT2D eigenvalue weighted by molar-refractivity contribution is 5.95. The Balaban J connectivity index is 1.71. The van der Waals surface area contributed by atoms with Gasteiger partial charge < -0.3 is 20.5 Å². The number of anilines is 1. The Kier molecular flexibility index (Phi) is 5.87. The number of rotatable bonds is 9. The highest BCUT2D eigenvalue weighted by Gasteiger charge is 2.20. The predicted molar refractivity (Wildman–Crippen MR) is 82.5 cm³/mol. The van der Waals surface area contributed by atoms with E-state index in [9.17, 15) is 4.79 Å². The SMILES string of the molecule is CCOc1cc(N)cc(C(=O)NCCCOCC2CC2)c1. The van der Waals surface area contributed by atoms with Crippen LogP contribution in [0, 0.1) is 5.92 Å². The van der Waals surface area contributed by atoms with Crippen molar-refractivity contribution < 1.29 is 14.3 Å². The zero-order chi connectivity index (χ0) is 15.1. The molecule has 1 aliphatic carbocycles. The van der Waals surface area contributed by atoms with Crippen molar-refractivity contribution in [2.75, 3.05) is 32.1 Å². The first-order chi connectivity index (χ1) is 10.2. The number of nitrogens with two attached hydrogens (primary N) is 1. The lowest BCUT2D eigenvalue weighted by Gasteiger charge is -2.09. The fraction of sp³-hybridized carbons (Fsp3) is 0.562. The second-order valence-electron chi connectivity index (χ2n) is 5.35. The lowest BCUT2D eigenvalue weighted by atomic mass is 10.1. The normalized spacial score (nSPS) is 14.0. The van der Waals surface area contributed by atoms with Gasteiger partial charge in [0.05, 0.1) is 6.61 Å². The standard InChI is InChI=1S/C16H24N2O3/c1-2-21-15-9-13(8-14(17)10-15)16(19)18-6-3-7-20-11-12-4-5-12/h8-10,12H,2-7,11,17H2,1H3,(H,18,19). The van der Waals surface area contributed by atoms with Crippen molar-refractivity contribution in [1.29, 1.82) is 0 Å². The molecule has 0 aliphatic heterocycles. The van der Waals surface area contributed by atoms with E-state index >= 15 is 0 Å². The van der Waals surface area contributed by atoms with Crippen LogP contribution in [0.15, 0.2) is 18.2 Å². The molecular formula is C16H24N2O3. The second-order valence-corrected chi connectivity index (χ2v) is 5.35. The smallest absolute Gasteiger partial charge is 0.251 e. The Morgan fingerprint density at radius 1 is 1.38 bits per heavy atom. The largest absolute Gasteiger partial charge is 0.494 e. The molecule has 0 spiro atoms. The summed E-state index contributed by atoms with van der Waals surface area (Å²) in [6.45, 7) is 4.59. The molecule has 0 heterocycles. The molecule has 0 saturated heterocycles. The van der Waals surface area contributed by atoms with Crippen LogP contribution in [0.3, 0.4) is 0 Å². The molecule has 1 aromatic rings. The Morgan fingerprint density at radius 3 is 2.90 bits per heavy atom. The van der Waals surface area contributed by atoms with E-state index in [1.54, 1.807) is 18.2 Å². The summed E-state index contributed by atoms with van der Waals surface area (Å²) >= 11 is 0. The number of carbonyl (C=O) groups is 1. The third-order valence-corrected chi connectivity index (χ3v) is 3.30. The van der Waals surface area contributed by atoms with Gasteiger partial charge in [-0.05, 0) is 44.2 Å². The fourth-order valence-corrected chi connectivity index (χ4v) is 2.02.